The molecule has 1 heterocycles. The summed E-state index contributed by atoms with van der Waals surface area (Å²) in [6.45, 7) is 2.14. The van der Waals surface area contributed by atoms with E-state index in [1.165, 1.54) is 5.56 Å². The fraction of sp³-hybridized carbons (Fsp3) is 0.118. The predicted octanol–water partition coefficient (Wildman–Crippen LogP) is 4.89. The summed E-state index contributed by atoms with van der Waals surface area (Å²) in [7, 11) is 0. The third-order valence-electron chi connectivity index (χ3n) is 3.58. The fourth-order valence-corrected chi connectivity index (χ4v) is 2.83. The van der Waals surface area contributed by atoms with Gasteiger partial charge in [0.1, 0.15) is 0 Å². The number of nitrogens with two attached hydrogens (primary N) is 1. The van der Waals surface area contributed by atoms with E-state index in [0.29, 0.717) is 0 Å². The van der Waals surface area contributed by atoms with Crippen LogP contribution in [0.1, 0.15) is 12.5 Å². The molecule has 0 fully saturated rings. The predicted molar refractivity (Wildman–Crippen MR) is 93.0 cm³/mol. The van der Waals surface area contributed by atoms with Gasteiger partial charge in [-0.2, -0.15) is 0 Å². The van der Waals surface area contributed by atoms with Gasteiger partial charge in [0.15, 0.2) is 0 Å². The zero-order chi connectivity index (χ0) is 14.8. The van der Waals surface area contributed by atoms with Gasteiger partial charge in [-0.15, -0.1) is 0 Å². The molecule has 0 atom stereocenters. The van der Waals surface area contributed by atoms with Crippen LogP contribution in [0.15, 0.2) is 53.3 Å². The van der Waals surface area contributed by atoms with Crippen LogP contribution in [-0.4, -0.2) is 4.98 Å². The molecule has 0 bridgehead atoms. The molecule has 0 amide bonds. The molecule has 3 aromatic rings. The van der Waals surface area contributed by atoms with Crippen molar-refractivity contribution < 1.29 is 0 Å². The second-order valence-electron chi connectivity index (χ2n) is 4.90. The summed E-state index contributed by atoms with van der Waals surface area (Å²) in [5.74, 6) is 0. The highest BCUT2D eigenvalue weighted by Crippen LogP contribution is 2.32. The summed E-state index contributed by atoms with van der Waals surface area (Å²) in [4.78, 5) is 4.12. The largest absolute Gasteiger partial charge is 0.397 e. The molecule has 106 valence electrons. The Hall–Kier alpha value is -2.07. The summed E-state index contributed by atoms with van der Waals surface area (Å²) >= 11 is 3.51. The summed E-state index contributed by atoms with van der Waals surface area (Å²) in [6.07, 6.45) is 4.55. The quantitative estimate of drug-likeness (QED) is 0.667. The van der Waals surface area contributed by atoms with Crippen molar-refractivity contribution in [2.24, 2.45) is 0 Å². The number of nitrogens with zero attached hydrogens (tertiary/aromatic N) is 1. The van der Waals surface area contributed by atoms with Crippen LogP contribution < -0.4 is 11.1 Å². The summed E-state index contributed by atoms with van der Waals surface area (Å²) in [5.41, 5.74) is 10.3. The van der Waals surface area contributed by atoms with Gasteiger partial charge < -0.3 is 11.1 Å². The molecule has 2 aromatic carbocycles. The lowest BCUT2D eigenvalue weighted by atomic mass is 10.1. The highest BCUT2D eigenvalue weighted by molar-refractivity contribution is 9.10. The van der Waals surface area contributed by atoms with Gasteiger partial charge in [0.25, 0.3) is 0 Å². The van der Waals surface area contributed by atoms with Crippen molar-refractivity contribution in [3.63, 3.8) is 0 Å². The Labute approximate surface area is 132 Å². The molecule has 4 heteroatoms. The monoisotopic (exact) mass is 341 g/mol. The van der Waals surface area contributed by atoms with Gasteiger partial charge in [-0.3, -0.25) is 4.98 Å². The lowest BCUT2D eigenvalue weighted by Crippen LogP contribution is -2.00. The zero-order valence-electron chi connectivity index (χ0n) is 11.7. The molecule has 0 saturated heterocycles. The molecule has 3 nitrogen and oxygen atoms in total. The van der Waals surface area contributed by atoms with Gasteiger partial charge in [-0.1, -0.05) is 28.9 Å². The number of anilines is 3. The third-order valence-corrected chi connectivity index (χ3v) is 4.07. The first-order valence-electron chi connectivity index (χ1n) is 6.86. The van der Waals surface area contributed by atoms with Crippen molar-refractivity contribution >= 4 is 43.8 Å². The Kier molecular flexibility index (Phi) is 3.80. The van der Waals surface area contributed by atoms with Crippen LogP contribution in [0, 0.1) is 0 Å². The average Bonchev–Trinajstić information content (AvgIpc) is 2.51. The lowest BCUT2D eigenvalue weighted by molar-refractivity contribution is 1.14. The number of rotatable bonds is 3. The van der Waals surface area contributed by atoms with Crippen molar-refractivity contribution in [1.29, 1.82) is 0 Å². The van der Waals surface area contributed by atoms with Crippen LogP contribution in [0.4, 0.5) is 17.1 Å². The Morgan fingerprint density at radius 3 is 2.76 bits per heavy atom. The normalized spacial score (nSPS) is 10.8. The number of nitrogen functional groups attached to an aromatic ring is 1. The molecule has 0 unspecified atom stereocenters. The Morgan fingerprint density at radius 1 is 1.14 bits per heavy atom. The highest BCUT2D eigenvalue weighted by Gasteiger charge is 2.07. The third kappa shape index (κ3) is 2.72. The molecule has 21 heavy (non-hydrogen) atoms. The van der Waals surface area contributed by atoms with E-state index in [1.807, 2.05) is 30.5 Å². The van der Waals surface area contributed by atoms with Gasteiger partial charge in [0, 0.05) is 33.3 Å². The van der Waals surface area contributed by atoms with Crippen molar-refractivity contribution in [3.8, 4) is 0 Å². The topological polar surface area (TPSA) is 50.9 Å². The number of benzene rings is 2. The first-order chi connectivity index (χ1) is 10.2. The molecular formula is C17H16BrN3. The number of nitrogens with one attached hydrogen (secondary N) is 1. The number of halogens is 1. The van der Waals surface area contributed by atoms with Crippen molar-refractivity contribution in [2.75, 3.05) is 11.1 Å². The van der Waals surface area contributed by atoms with E-state index in [1.54, 1.807) is 6.20 Å². The van der Waals surface area contributed by atoms with Crippen LogP contribution in [-0.2, 0) is 6.42 Å². The smallest absolute Gasteiger partial charge is 0.0634 e. The summed E-state index contributed by atoms with van der Waals surface area (Å²) in [5, 5.41) is 5.51. The van der Waals surface area contributed by atoms with E-state index in [0.717, 1.165) is 38.7 Å². The minimum atomic E-state index is 0.750. The minimum Gasteiger partial charge on any atom is -0.397 e. The van der Waals surface area contributed by atoms with Crippen molar-refractivity contribution in [2.45, 2.75) is 13.3 Å². The SMILES string of the molecule is CCc1cc(Br)ccc1Nc1ccc2cnccc2c1N. The lowest BCUT2D eigenvalue weighted by Gasteiger charge is -2.14. The second-order valence-corrected chi connectivity index (χ2v) is 5.82. The molecule has 0 spiro atoms. The van der Waals surface area contributed by atoms with E-state index < -0.39 is 0 Å². The standard InChI is InChI=1S/C17H16BrN3/c1-2-11-9-13(18)4-6-15(11)21-16-5-3-12-10-20-8-7-14(12)17(16)19/h3-10,21H,2,19H2,1H3. The van der Waals surface area contributed by atoms with E-state index in [4.69, 9.17) is 5.73 Å². The molecule has 1 aromatic heterocycles. The van der Waals surface area contributed by atoms with Gasteiger partial charge in [0.05, 0.1) is 11.4 Å². The van der Waals surface area contributed by atoms with Crippen LogP contribution in [0.25, 0.3) is 10.8 Å². The number of hydrogen-bond acceptors (Lipinski definition) is 3. The molecular weight excluding hydrogens is 326 g/mol. The molecule has 0 aliphatic rings. The number of aromatic nitrogens is 1. The van der Waals surface area contributed by atoms with Crippen molar-refractivity contribution in [1.82, 2.24) is 4.98 Å². The van der Waals surface area contributed by atoms with Crippen LogP contribution in [0.3, 0.4) is 0 Å². The molecule has 0 aliphatic heterocycles. The molecule has 3 rings (SSSR count). The second kappa shape index (κ2) is 5.74. The maximum Gasteiger partial charge on any atom is 0.0634 e. The van der Waals surface area contributed by atoms with Gasteiger partial charge >= 0.3 is 0 Å². The number of fused-ring (bicyclic) bond motifs is 1. The fourth-order valence-electron chi connectivity index (χ4n) is 2.42. The van der Waals surface area contributed by atoms with Crippen LogP contribution in [0.5, 0.6) is 0 Å². The molecule has 3 N–H and O–H groups in total. The van der Waals surface area contributed by atoms with E-state index in [2.05, 4.69) is 45.3 Å². The van der Waals surface area contributed by atoms with Crippen LogP contribution >= 0.6 is 15.9 Å². The number of hydrogen-bond donors (Lipinski definition) is 2. The van der Waals surface area contributed by atoms with Gasteiger partial charge in [0.2, 0.25) is 0 Å². The summed E-state index contributed by atoms with van der Waals surface area (Å²) < 4.78 is 1.09. The van der Waals surface area contributed by atoms with E-state index >= 15 is 0 Å². The Bertz CT molecular complexity index is 799. The number of pyridine rings is 1. The highest BCUT2D eigenvalue weighted by atomic mass is 79.9. The van der Waals surface area contributed by atoms with Crippen LogP contribution in [0.2, 0.25) is 0 Å². The Balaban J connectivity index is 2.04. The van der Waals surface area contributed by atoms with E-state index in [-0.39, 0.29) is 0 Å². The van der Waals surface area contributed by atoms with Crippen molar-refractivity contribution in [3.05, 3.63) is 58.8 Å². The number of aryl methyl sites for hydroxylation is 1. The minimum absolute atomic E-state index is 0.750. The van der Waals surface area contributed by atoms with E-state index in [9.17, 15) is 0 Å². The molecule has 0 saturated carbocycles. The zero-order valence-corrected chi connectivity index (χ0v) is 13.3. The average molecular weight is 342 g/mol. The van der Waals surface area contributed by atoms with Gasteiger partial charge in [-0.25, -0.2) is 0 Å². The summed E-state index contributed by atoms with van der Waals surface area (Å²) in [6, 6.07) is 12.2. The Morgan fingerprint density at radius 2 is 1.95 bits per heavy atom. The van der Waals surface area contributed by atoms with Gasteiger partial charge in [-0.05, 0) is 42.3 Å². The maximum atomic E-state index is 6.29. The molecule has 0 aliphatic carbocycles. The first kappa shape index (κ1) is 13.9. The first-order valence-corrected chi connectivity index (χ1v) is 7.66. The molecule has 0 radical (unpaired) electrons. The maximum absolute atomic E-state index is 6.29.